The maximum absolute atomic E-state index is 6.14. The Balaban J connectivity index is 1.58. The number of para-hydroxylation sites is 1. The smallest absolute Gasteiger partial charge is 0.184 e. The van der Waals surface area contributed by atoms with Gasteiger partial charge < -0.3 is 10.5 Å². The van der Waals surface area contributed by atoms with Crippen molar-refractivity contribution in [3.05, 3.63) is 85.2 Å². The van der Waals surface area contributed by atoms with E-state index in [2.05, 4.69) is 20.2 Å². The first-order chi connectivity index (χ1) is 14.3. The average Bonchev–Trinajstić information content (AvgIpc) is 3.16. The molecule has 0 unspecified atom stereocenters. The van der Waals surface area contributed by atoms with Gasteiger partial charge in [0.25, 0.3) is 0 Å². The molecular weight excluding hydrogens is 362 g/mol. The lowest BCUT2D eigenvalue weighted by Gasteiger charge is -2.10. The molecule has 3 heterocycles. The number of hydrogen-bond donors (Lipinski definition) is 2. The first-order valence-electron chi connectivity index (χ1n) is 9.16. The van der Waals surface area contributed by atoms with Gasteiger partial charge in [-0.05, 0) is 53.6 Å². The fourth-order valence-corrected chi connectivity index (χ4v) is 3.27. The SMILES string of the molecule is Nc1[nH]nc2nc(-c3ccncc3)cc(-c3ccc(Oc4ccccc4)cc3)c12. The van der Waals surface area contributed by atoms with Crippen LogP contribution in [0.25, 0.3) is 33.4 Å². The summed E-state index contributed by atoms with van der Waals surface area (Å²) < 4.78 is 5.90. The maximum atomic E-state index is 6.14. The number of benzene rings is 2. The molecule has 0 atom stereocenters. The van der Waals surface area contributed by atoms with E-state index in [0.29, 0.717) is 11.5 Å². The summed E-state index contributed by atoms with van der Waals surface area (Å²) in [6, 6.07) is 23.5. The number of nitrogens with one attached hydrogen (secondary N) is 1. The summed E-state index contributed by atoms with van der Waals surface area (Å²) in [4.78, 5) is 8.73. The van der Waals surface area contributed by atoms with E-state index in [1.54, 1.807) is 12.4 Å². The summed E-state index contributed by atoms with van der Waals surface area (Å²) in [5.41, 5.74) is 10.5. The van der Waals surface area contributed by atoms with Crippen molar-refractivity contribution >= 4 is 16.9 Å². The van der Waals surface area contributed by atoms with Crippen LogP contribution in [0.2, 0.25) is 0 Å². The minimum atomic E-state index is 0.494. The number of rotatable bonds is 4. The molecule has 0 amide bonds. The second-order valence-electron chi connectivity index (χ2n) is 6.57. The fraction of sp³-hybridized carbons (Fsp3) is 0. The molecule has 140 valence electrons. The van der Waals surface area contributed by atoms with E-state index in [4.69, 9.17) is 10.5 Å². The molecule has 6 nitrogen and oxygen atoms in total. The monoisotopic (exact) mass is 379 g/mol. The topological polar surface area (TPSA) is 89.7 Å². The van der Waals surface area contributed by atoms with Gasteiger partial charge in [0.1, 0.15) is 17.3 Å². The van der Waals surface area contributed by atoms with Crippen LogP contribution in [0.15, 0.2) is 85.2 Å². The van der Waals surface area contributed by atoms with E-state index in [-0.39, 0.29) is 0 Å². The standard InChI is InChI=1S/C23H17N5O/c24-22-21-19(14-20(26-23(21)28-27-22)16-10-12-25-13-11-16)15-6-8-18(9-7-15)29-17-4-2-1-3-5-17/h1-14H,(H3,24,26,27,28). The minimum Gasteiger partial charge on any atom is -0.457 e. The quantitative estimate of drug-likeness (QED) is 0.455. The highest BCUT2D eigenvalue weighted by Crippen LogP contribution is 2.35. The number of fused-ring (bicyclic) bond motifs is 1. The number of hydrogen-bond acceptors (Lipinski definition) is 5. The predicted octanol–water partition coefficient (Wildman–Crippen LogP) is 5.06. The zero-order valence-electron chi connectivity index (χ0n) is 15.4. The summed E-state index contributed by atoms with van der Waals surface area (Å²) in [5, 5.41) is 7.91. The Bertz CT molecular complexity index is 1270. The molecule has 0 saturated heterocycles. The van der Waals surface area contributed by atoms with Crippen LogP contribution in [-0.2, 0) is 0 Å². The van der Waals surface area contributed by atoms with Crippen molar-refractivity contribution in [3.63, 3.8) is 0 Å². The molecule has 0 spiro atoms. The van der Waals surface area contributed by atoms with Gasteiger partial charge in [-0.15, -0.1) is 0 Å². The van der Waals surface area contributed by atoms with Gasteiger partial charge in [-0.2, -0.15) is 5.10 Å². The van der Waals surface area contributed by atoms with Crippen molar-refractivity contribution in [2.24, 2.45) is 0 Å². The number of pyridine rings is 2. The van der Waals surface area contributed by atoms with Crippen molar-refractivity contribution in [3.8, 4) is 33.9 Å². The third-order valence-corrected chi connectivity index (χ3v) is 4.67. The molecule has 0 saturated carbocycles. The van der Waals surface area contributed by atoms with Gasteiger partial charge in [0.15, 0.2) is 5.65 Å². The van der Waals surface area contributed by atoms with Gasteiger partial charge >= 0.3 is 0 Å². The third kappa shape index (κ3) is 3.27. The summed E-state index contributed by atoms with van der Waals surface area (Å²) in [7, 11) is 0. The number of anilines is 1. The lowest BCUT2D eigenvalue weighted by atomic mass is 10.0. The Morgan fingerprint density at radius 3 is 2.28 bits per heavy atom. The van der Waals surface area contributed by atoms with Crippen molar-refractivity contribution < 1.29 is 4.74 Å². The van der Waals surface area contributed by atoms with Crippen molar-refractivity contribution in [2.45, 2.75) is 0 Å². The van der Waals surface area contributed by atoms with Gasteiger partial charge in [-0.1, -0.05) is 30.3 Å². The van der Waals surface area contributed by atoms with Crippen LogP contribution in [0, 0.1) is 0 Å². The molecule has 3 aromatic heterocycles. The zero-order valence-corrected chi connectivity index (χ0v) is 15.4. The number of aromatic nitrogens is 4. The number of nitrogens with two attached hydrogens (primary N) is 1. The molecule has 0 bridgehead atoms. The summed E-state index contributed by atoms with van der Waals surface area (Å²) >= 11 is 0. The summed E-state index contributed by atoms with van der Waals surface area (Å²) in [5.74, 6) is 2.05. The number of aromatic amines is 1. The minimum absolute atomic E-state index is 0.494. The highest BCUT2D eigenvalue weighted by molar-refractivity contribution is 6.01. The third-order valence-electron chi connectivity index (χ3n) is 4.67. The van der Waals surface area contributed by atoms with Crippen LogP contribution in [0.1, 0.15) is 0 Å². The van der Waals surface area contributed by atoms with E-state index in [0.717, 1.165) is 39.3 Å². The lowest BCUT2D eigenvalue weighted by molar-refractivity contribution is 0.483. The summed E-state index contributed by atoms with van der Waals surface area (Å²) in [6.07, 6.45) is 3.49. The van der Waals surface area contributed by atoms with Gasteiger partial charge in [-0.25, -0.2) is 4.98 Å². The Morgan fingerprint density at radius 1 is 0.793 bits per heavy atom. The van der Waals surface area contributed by atoms with E-state index in [1.807, 2.05) is 72.8 Å². The fourth-order valence-electron chi connectivity index (χ4n) is 3.27. The molecule has 0 radical (unpaired) electrons. The van der Waals surface area contributed by atoms with Crippen molar-refractivity contribution in [1.82, 2.24) is 20.2 Å². The van der Waals surface area contributed by atoms with Crippen LogP contribution in [0.5, 0.6) is 11.5 Å². The van der Waals surface area contributed by atoms with E-state index < -0.39 is 0 Å². The van der Waals surface area contributed by atoms with Crippen LogP contribution in [0.3, 0.4) is 0 Å². The Kier molecular flexibility index (Phi) is 4.14. The van der Waals surface area contributed by atoms with Crippen molar-refractivity contribution in [2.75, 3.05) is 5.73 Å². The van der Waals surface area contributed by atoms with Gasteiger partial charge in [0.05, 0.1) is 11.1 Å². The summed E-state index contributed by atoms with van der Waals surface area (Å²) in [6.45, 7) is 0. The Morgan fingerprint density at radius 2 is 1.52 bits per heavy atom. The molecular formula is C23H17N5O. The number of H-pyrrole nitrogens is 1. The molecule has 2 aromatic carbocycles. The second-order valence-corrected chi connectivity index (χ2v) is 6.57. The van der Waals surface area contributed by atoms with Crippen molar-refractivity contribution in [1.29, 1.82) is 0 Å². The van der Waals surface area contributed by atoms with Crippen LogP contribution >= 0.6 is 0 Å². The number of nitrogens with zero attached hydrogens (tertiary/aromatic N) is 3. The average molecular weight is 379 g/mol. The van der Waals surface area contributed by atoms with E-state index >= 15 is 0 Å². The molecule has 0 aliphatic carbocycles. The molecule has 3 N–H and O–H groups in total. The Hall–Kier alpha value is -4.19. The predicted molar refractivity (Wildman–Crippen MR) is 113 cm³/mol. The van der Waals surface area contributed by atoms with E-state index in [9.17, 15) is 0 Å². The van der Waals surface area contributed by atoms with Gasteiger partial charge in [0.2, 0.25) is 0 Å². The van der Waals surface area contributed by atoms with Crippen LogP contribution in [-0.4, -0.2) is 20.2 Å². The highest BCUT2D eigenvalue weighted by Gasteiger charge is 2.14. The molecule has 29 heavy (non-hydrogen) atoms. The van der Waals surface area contributed by atoms with Crippen LogP contribution < -0.4 is 10.5 Å². The largest absolute Gasteiger partial charge is 0.457 e. The molecule has 0 aliphatic rings. The first-order valence-corrected chi connectivity index (χ1v) is 9.16. The van der Waals surface area contributed by atoms with E-state index in [1.165, 1.54) is 0 Å². The molecule has 0 aliphatic heterocycles. The lowest BCUT2D eigenvalue weighted by Crippen LogP contribution is -1.91. The van der Waals surface area contributed by atoms with Crippen LogP contribution in [0.4, 0.5) is 5.82 Å². The Labute approximate surface area is 167 Å². The highest BCUT2D eigenvalue weighted by atomic mass is 16.5. The number of nitrogen functional groups attached to an aromatic ring is 1. The molecule has 0 fully saturated rings. The molecule has 5 aromatic rings. The second kappa shape index (κ2) is 7.09. The van der Waals surface area contributed by atoms with Gasteiger partial charge in [-0.3, -0.25) is 10.1 Å². The first kappa shape index (κ1) is 16.9. The number of ether oxygens (including phenoxy) is 1. The zero-order chi connectivity index (χ0) is 19.6. The molecule has 5 rings (SSSR count). The van der Waals surface area contributed by atoms with Gasteiger partial charge in [0, 0.05) is 18.0 Å². The maximum Gasteiger partial charge on any atom is 0.184 e. The normalized spacial score (nSPS) is 10.9. The molecule has 6 heteroatoms.